The molecule has 0 saturated heterocycles. The fourth-order valence-corrected chi connectivity index (χ4v) is 3.23. The SMILES string of the molecule is Cn1nc(CC(=O)OCC(=O)NCc2ccc(Cl)cc2Cl)c2ccccc2c1=O. The second-order valence-electron chi connectivity index (χ2n) is 6.27. The van der Waals surface area contributed by atoms with Crippen LogP contribution < -0.4 is 10.9 Å². The normalized spacial score (nSPS) is 10.7. The Kier molecular flexibility index (Phi) is 6.51. The zero-order valence-electron chi connectivity index (χ0n) is 15.4. The third kappa shape index (κ3) is 5.13. The summed E-state index contributed by atoms with van der Waals surface area (Å²) in [5, 5.41) is 8.73. The number of aryl methyl sites for hydroxylation is 1. The standard InChI is InChI=1S/C20H17Cl2N3O4/c1-25-20(28)15-5-3-2-4-14(15)17(24-25)9-19(27)29-11-18(26)23-10-12-6-7-13(21)8-16(12)22/h2-8H,9-11H2,1H3,(H,23,26). The number of rotatable bonds is 6. The maximum absolute atomic E-state index is 12.2. The molecule has 0 aliphatic carbocycles. The molecular formula is C20H17Cl2N3O4. The molecule has 29 heavy (non-hydrogen) atoms. The van der Waals surface area contributed by atoms with Crippen molar-refractivity contribution in [3.8, 4) is 0 Å². The molecule has 150 valence electrons. The molecule has 0 radical (unpaired) electrons. The van der Waals surface area contributed by atoms with E-state index in [-0.39, 0.29) is 18.5 Å². The summed E-state index contributed by atoms with van der Waals surface area (Å²) in [6.45, 7) is -0.257. The number of esters is 1. The summed E-state index contributed by atoms with van der Waals surface area (Å²) >= 11 is 11.9. The highest BCUT2D eigenvalue weighted by molar-refractivity contribution is 6.35. The molecule has 3 aromatic rings. The highest BCUT2D eigenvalue weighted by Crippen LogP contribution is 2.20. The first kappa shape index (κ1) is 20.8. The van der Waals surface area contributed by atoms with Gasteiger partial charge >= 0.3 is 5.97 Å². The molecule has 3 rings (SSSR count). The number of carbonyl (C=O) groups is 2. The molecule has 9 heteroatoms. The summed E-state index contributed by atoms with van der Waals surface area (Å²) in [5.41, 5.74) is 0.843. The van der Waals surface area contributed by atoms with E-state index in [9.17, 15) is 14.4 Å². The fraction of sp³-hybridized carbons (Fsp3) is 0.200. The minimum absolute atomic E-state index is 0.162. The van der Waals surface area contributed by atoms with Crippen LogP contribution in [0.5, 0.6) is 0 Å². The van der Waals surface area contributed by atoms with E-state index < -0.39 is 18.5 Å². The molecule has 0 saturated carbocycles. The Hall–Kier alpha value is -2.90. The lowest BCUT2D eigenvalue weighted by atomic mass is 10.1. The minimum Gasteiger partial charge on any atom is -0.455 e. The lowest BCUT2D eigenvalue weighted by Crippen LogP contribution is -2.29. The Bertz CT molecular complexity index is 1140. The van der Waals surface area contributed by atoms with E-state index in [0.29, 0.717) is 32.1 Å². The number of amides is 1. The number of fused-ring (bicyclic) bond motifs is 1. The molecule has 1 aromatic heterocycles. The number of nitrogens with one attached hydrogen (secondary N) is 1. The number of halogens is 2. The molecule has 0 aliphatic heterocycles. The van der Waals surface area contributed by atoms with Crippen LogP contribution in [0.15, 0.2) is 47.3 Å². The summed E-state index contributed by atoms with van der Waals surface area (Å²) in [6.07, 6.45) is -0.162. The lowest BCUT2D eigenvalue weighted by Gasteiger charge is -2.09. The maximum Gasteiger partial charge on any atom is 0.312 e. The van der Waals surface area contributed by atoms with Crippen LogP contribution in [-0.4, -0.2) is 28.3 Å². The first-order chi connectivity index (χ1) is 13.8. The third-order valence-corrected chi connectivity index (χ3v) is 4.79. The van der Waals surface area contributed by atoms with Crippen LogP contribution >= 0.6 is 23.2 Å². The van der Waals surface area contributed by atoms with Crippen molar-refractivity contribution in [3.63, 3.8) is 0 Å². The predicted molar refractivity (Wildman–Crippen MR) is 110 cm³/mol. The highest BCUT2D eigenvalue weighted by Gasteiger charge is 2.14. The van der Waals surface area contributed by atoms with Gasteiger partial charge < -0.3 is 10.1 Å². The summed E-state index contributed by atoms with van der Waals surface area (Å²) in [6, 6.07) is 11.8. The van der Waals surface area contributed by atoms with E-state index in [4.69, 9.17) is 27.9 Å². The lowest BCUT2D eigenvalue weighted by molar-refractivity contribution is -0.147. The van der Waals surface area contributed by atoms with Crippen molar-refractivity contribution in [1.29, 1.82) is 0 Å². The molecule has 1 amide bonds. The molecular weight excluding hydrogens is 417 g/mol. The Morgan fingerprint density at radius 2 is 1.86 bits per heavy atom. The molecule has 2 aromatic carbocycles. The Labute approximate surface area is 176 Å². The average Bonchev–Trinajstić information content (AvgIpc) is 2.69. The number of nitrogens with zero attached hydrogens (tertiary/aromatic N) is 2. The molecule has 0 spiro atoms. The van der Waals surface area contributed by atoms with Gasteiger partial charge in [0, 0.05) is 29.0 Å². The van der Waals surface area contributed by atoms with E-state index in [2.05, 4.69) is 10.4 Å². The Morgan fingerprint density at radius 3 is 2.59 bits per heavy atom. The van der Waals surface area contributed by atoms with Gasteiger partial charge in [-0.2, -0.15) is 5.10 Å². The Balaban J connectivity index is 1.57. The zero-order valence-corrected chi connectivity index (χ0v) is 17.0. The van der Waals surface area contributed by atoms with E-state index >= 15 is 0 Å². The summed E-state index contributed by atoms with van der Waals surface area (Å²) in [4.78, 5) is 36.2. The van der Waals surface area contributed by atoms with Crippen molar-refractivity contribution >= 4 is 45.9 Å². The van der Waals surface area contributed by atoms with Crippen molar-refractivity contribution in [2.24, 2.45) is 7.05 Å². The van der Waals surface area contributed by atoms with Crippen LogP contribution in [0.4, 0.5) is 0 Å². The second-order valence-corrected chi connectivity index (χ2v) is 7.11. The van der Waals surface area contributed by atoms with Crippen molar-refractivity contribution in [3.05, 3.63) is 74.1 Å². The third-order valence-electron chi connectivity index (χ3n) is 4.20. The van der Waals surface area contributed by atoms with Crippen LogP contribution in [0, 0.1) is 0 Å². The Morgan fingerprint density at radius 1 is 1.14 bits per heavy atom. The number of hydrogen-bond donors (Lipinski definition) is 1. The summed E-state index contributed by atoms with van der Waals surface area (Å²) in [7, 11) is 1.51. The molecule has 0 aliphatic rings. The zero-order chi connectivity index (χ0) is 21.0. The van der Waals surface area contributed by atoms with E-state index in [1.54, 1.807) is 42.5 Å². The van der Waals surface area contributed by atoms with Crippen LogP contribution in [0.25, 0.3) is 10.8 Å². The topological polar surface area (TPSA) is 90.3 Å². The quantitative estimate of drug-likeness (QED) is 0.603. The van der Waals surface area contributed by atoms with Gasteiger partial charge in [-0.05, 0) is 23.8 Å². The van der Waals surface area contributed by atoms with Crippen LogP contribution in [0.1, 0.15) is 11.3 Å². The summed E-state index contributed by atoms with van der Waals surface area (Å²) < 4.78 is 6.21. The van der Waals surface area contributed by atoms with Gasteiger partial charge in [-0.3, -0.25) is 14.4 Å². The van der Waals surface area contributed by atoms with E-state index in [1.807, 2.05) is 0 Å². The first-order valence-corrected chi connectivity index (χ1v) is 9.42. The van der Waals surface area contributed by atoms with Crippen molar-refractivity contribution in [1.82, 2.24) is 15.1 Å². The maximum atomic E-state index is 12.2. The molecule has 0 atom stereocenters. The van der Waals surface area contributed by atoms with Crippen LogP contribution in [0.3, 0.4) is 0 Å². The number of carbonyl (C=O) groups excluding carboxylic acids is 2. The molecule has 0 fully saturated rings. The van der Waals surface area contributed by atoms with Gasteiger partial charge in [0.05, 0.1) is 17.5 Å². The van der Waals surface area contributed by atoms with Gasteiger partial charge in [-0.1, -0.05) is 47.5 Å². The van der Waals surface area contributed by atoms with Crippen molar-refractivity contribution in [2.45, 2.75) is 13.0 Å². The highest BCUT2D eigenvalue weighted by atomic mass is 35.5. The van der Waals surface area contributed by atoms with Gasteiger partial charge in [0.25, 0.3) is 11.5 Å². The molecule has 1 N–H and O–H groups in total. The number of hydrogen-bond acceptors (Lipinski definition) is 5. The van der Waals surface area contributed by atoms with Gasteiger partial charge in [-0.25, -0.2) is 4.68 Å². The smallest absolute Gasteiger partial charge is 0.312 e. The van der Waals surface area contributed by atoms with Gasteiger partial charge in [-0.15, -0.1) is 0 Å². The van der Waals surface area contributed by atoms with Gasteiger partial charge in [0.15, 0.2) is 6.61 Å². The van der Waals surface area contributed by atoms with Gasteiger partial charge in [0.1, 0.15) is 0 Å². The van der Waals surface area contributed by atoms with Crippen LogP contribution in [-0.2, 0) is 34.3 Å². The average molecular weight is 434 g/mol. The van der Waals surface area contributed by atoms with Crippen molar-refractivity contribution < 1.29 is 14.3 Å². The number of benzene rings is 2. The number of ether oxygens (including phenoxy) is 1. The first-order valence-electron chi connectivity index (χ1n) is 8.66. The molecule has 1 heterocycles. The monoisotopic (exact) mass is 433 g/mol. The predicted octanol–water partition coefficient (Wildman–Crippen LogP) is 2.64. The largest absolute Gasteiger partial charge is 0.455 e. The summed E-state index contributed by atoms with van der Waals surface area (Å²) in [5.74, 6) is -1.09. The van der Waals surface area contributed by atoms with E-state index in [1.165, 1.54) is 11.7 Å². The van der Waals surface area contributed by atoms with E-state index in [0.717, 1.165) is 0 Å². The van der Waals surface area contributed by atoms with Crippen molar-refractivity contribution in [2.75, 3.05) is 6.61 Å². The van der Waals surface area contributed by atoms with Crippen LogP contribution in [0.2, 0.25) is 10.0 Å². The molecule has 0 bridgehead atoms. The minimum atomic E-state index is -0.624. The number of aromatic nitrogens is 2. The second kappa shape index (κ2) is 9.07. The van der Waals surface area contributed by atoms with Gasteiger partial charge in [0.2, 0.25) is 0 Å². The molecule has 0 unspecified atom stereocenters. The molecule has 7 nitrogen and oxygen atoms in total. The fourth-order valence-electron chi connectivity index (χ4n) is 2.75.